The molecule has 17 heavy (non-hydrogen) atoms. The molecule has 94 valence electrons. The maximum Gasteiger partial charge on any atom is 0.110 e. The second-order valence-electron chi connectivity index (χ2n) is 5.23. The summed E-state index contributed by atoms with van der Waals surface area (Å²) in [5.74, 6) is 0. The Labute approximate surface area is 110 Å². The highest BCUT2D eigenvalue weighted by Gasteiger charge is 2.46. The van der Waals surface area contributed by atoms with Crippen molar-refractivity contribution >= 4 is 15.9 Å². The number of hydrogen-bond acceptors (Lipinski definition) is 3. The maximum absolute atomic E-state index is 11.0. The van der Waals surface area contributed by atoms with E-state index in [0.29, 0.717) is 12.1 Å². The molecule has 3 rings (SSSR count). The molecule has 0 spiro atoms. The summed E-state index contributed by atoms with van der Waals surface area (Å²) < 4.78 is 2.85. The van der Waals surface area contributed by atoms with Crippen LogP contribution in [0, 0.1) is 0 Å². The first-order chi connectivity index (χ1) is 8.12. The number of fused-ring (bicyclic) bond motifs is 2. The normalized spacial score (nSPS) is 36.4. The van der Waals surface area contributed by atoms with E-state index >= 15 is 0 Å². The zero-order valence-electron chi connectivity index (χ0n) is 9.99. The van der Waals surface area contributed by atoms with E-state index in [-0.39, 0.29) is 0 Å². The second kappa shape index (κ2) is 4.07. The minimum Gasteiger partial charge on any atom is -0.383 e. The molecule has 1 aromatic heterocycles. The van der Waals surface area contributed by atoms with Crippen LogP contribution in [0.4, 0.5) is 0 Å². The smallest absolute Gasteiger partial charge is 0.110 e. The molecule has 3 heterocycles. The molecule has 1 aromatic rings. The molecule has 0 saturated carbocycles. The molecule has 2 aliphatic heterocycles. The Hall–Kier alpha value is -0.390. The number of nitrogens with one attached hydrogen (secondary N) is 1. The summed E-state index contributed by atoms with van der Waals surface area (Å²) in [6.45, 7) is 2.86. The van der Waals surface area contributed by atoms with Gasteiger partial charge in [-0.25, -0.2) is 0 Å². The molecule has 2 unspecified atom stereocenters. The first kappa shape index (κ1) is 11.7. The number of aromatic nitrogens is 2. The average Bonchev–Trinajstić information content (AvgIpc) is 2.82. The fraction of sp³-hybridized carbons (Fsp3) is 0.750. The Balaban J connectivity index is 1.99. The van der Waals surface area contributed by atoms with Crippen LogP contribution in [0.15, 0.2) is 10.7 Å². The molecule has 2 fully saturated rings. The molecule has 2 N–H and O–H groups in total. The van der Waals surface area contributed by atoms with Crippen molar-refractivity contribution in [3.63, 3.8) is 0 Å². The number of aryl methyl sites for hydroxylation is 1. The molecule has 0 aliphatic carbocycles. The Bertz CT molecular complexity index is 419. The number of aliphatic hydroxyl groups is 1. The molecule has 0 aromatic carbocycles. The molecule has 2 saturated heterocycles. The van der Waals surface area contributed by atoms with Gasteiger partial charge in [-0.05, 0) is 48.5 Å². The minimum atomic E-state index is -0.720. The van der Waals surface area contributed by atoms with E-state index in [1.165, 1.54) is 12.8 Å². The zero-order chi connectivity index (χ0) is 12.0. The predicted molar refractivity (Wildman–Crippen MR) is 68.7 cm³/mol. The lowest BCUT2D eigenvalue weighted by molar-refractivity contribution is -0.0196. The Morgan fingerprint density at radius 2 is 2.18 bits per heavy atom. The van der Waals surface area contributed by atoms with Gasteiger partial charge < -0.3 is 10.4 Å². The van der Waals surface area contributed by atoms with E-state index in [9.17, 15) is 5.11 Å². The zero-order valence-corrected chi connectivity index (χ0v) is 11.6. The first-order valence-electron chi connectivity index (χ1n) is 6.32. The highest BCUT2D eigenvalue weighted by Crippen LogP contribution is 2.42. The number of nitrogens with zero attached hydrogens (tertiary/aromatic N) is 2. The van der Waals surface area contributed by atoms with Gasteiger partial charge in [0.25, 0.3) is 0 Å². The van der Waals surface area contributed by atoms with Gasteiger partial charge in [0.1, 0.15) is 5.60 Å². The van der Waals surface area contributed by atoms with Crippen molar-refractivity contribution in [1.82, 2.24) is 15.1 Å². The van der Waals surface area contributed by atoms with E-state index in [1.54, 1.807) is 6.20 Å². The third-order valence-corrected chi connectivity index (χ3v) is 4.62. The van der Waals surface area contributed by atoms with Gasteiger partial charge in [0, 0.05) is 18.6 Å². The molecule has 4 nitrogen and oxygen atoms in total. The van der Waals surface area contributed by atoms with Gasteiger partial charge in [0.2, 0.25) is 0 Å². The summed E-state index contributed by atoms with van der Waals surface area (Å²) >= 11 is 3.53. The highest BCUT2D eigenvalue weighted by atomic mass is 79.9. The van der Waals surface area contributed by atoms with Crippen molar-refractivity contribution in [3.8, 4) is 0 Å². The quantitative estimate of drug-likeness (QED) is 0.875. The van der Waals surface area contributed by atoms with Crippen molar-refractivity contribution in [3.05, 3.63) is 16.4 Å². The lowest BCUT2D eigenvalue weighted by Gasteiger charge is -2.37. The molecule has 2 atom stereocenters. The molecule has 0 amide bonds. The number of halogens is 1. The van der Waals surface area contributed by atoms with Crippen LogP contribution in [0.25, 0.3) is 0 Å². The lowest BCUT2D eigenvalue weighted by atomic mass is 9.84. The van der Waals surface area contributed by atoms with Crippen LogP contribution in [-0.4, -0.2) is 27.0 Å². The fourth-order valence-corrected chi connectivity index (χ4v) is 4.05. The van der Waals surface area contributed by atoms with Gasteiger partial charge in [-0.1, -0.05) is 0 Å². The third-order valence-electron chi connectivity index (χ3n) is 4.04. The third kappa shape index (κ3) is 1.84. The highest BCUT2D eigenvalue weighted by molar-refractivity contribution is 9.10. The van der Waals surface area contributed by atoms with Crippen molar-refractivity contribution in [2.24, 2.45) is 0 Å². The van der Waals surface area contributed by atoms with Crippen LogP contribution in [0.1, 0.15) is 38.3 Å². The van der Waals surface area contributed by atoms with Gasteiger partial charge in [0.15, 0.2) is 0 Å². The summed E-state index contributed by atoms with van der Waals surface area (Å²) in [6, 6.07) is 0.928. The van der Waals surface area contributed by atoms with E-state index in [2.05, 4.69) is 33.3 Å². The van der Waals surface area contributed by atoms with E-state index < -0.39 is 5.60 Å². The van der Waals surface area contributed by atoms with Crippen LogP contribution >= 0.6 is 15.9 Å². The van der Waals surface area contributed by atoms with E-state index in [0.717, 1.165) is 29.6 Å². The minimum absolute atomic E-state index is 0.464. The average molecular weight is 300 g/mol. The Morgan fingerprint density at radius 1 is 1.53 bits per heavy atom. The second-order valence-corrected chi connectivity index (χ2v) is 6.09. The van der Waals surface area contributed by atoms with Crippen LogP contribution in [-0.2, 0) is 12.1 Å². The van der Waals surface area contributed by atoms with Crippen LogP contribution < -0.4 is 5.32 Å². The number of hydrogen-bond donors (Lipinski definition) is 2. The monoisotopic (exact) mass is 299 g/mol. The van der Waals surface area contributed by atoms with Crippen LogP contribution in [0.5, 0.6) is 0 Å². The van der Waals surface area contributed by atoms with Gasteiger partial charge in [0.05, 0.1) is 16.4 Å². The predicted octanol–water partition coefficient (Wildman–Crippen LogP) is 1.77. The van der Waals surface area contributed by atoms with Gasteiger partial charge in [-0.15, -0.1) is 0 Å². The van der Waals surface area contributed by atoms with E-state index in [1.807, 2.05) is 4.68 Å². The van der Waals surface area contributed by atoms with Crippen molar-refractivity contribution in [2.45, 2.75) is 56.8 Å². The largest absolute Gasteiger partial charge is 0.383 e. The number of rotatable bonds is 2. The maximum atomic E-state index is 11.0. The van der Waals surface area contributed by atoms with Gasteiger partial charge >= 0.3 is 0 Å². The summed E-state index contributed by atoms with van der Waals surface area (Å²) in [5, 5.41) is 18.8. The standard InChI is InChI=1S/C12H18BrN3O/c1-2-16-11(10(13)7-14-16)12(17)5-8-3-4-9(6-12)15-8/h7-9,15,17H,2-6H2,1H3. The summed E-state index contributed by atoms with van der Waals surface area (Å²) in [7, 11) is 0. The Morgan fingerprint density at radius 3 is 2.76 bits per heavy atom. The molecule has 2 aliphatic rings. The van der Waals surface area contributed by atoms with Crippen molar-refractivity contribution in [2.75, 3.05) is 0 Å². The molecular weight excluding hydrogens is 282 g/mol. The number of piperidine rings is 1. The molecule has 2 bridgehead atoms. The summed E-state index contributed by atoms with van der Waals surface area (Å²) in [5.41, 5.74) is 0.237. The summed E-state index contributed by atoms with van der Waals surface area (Å²) in [4.78, 5) is 0. The summed E-state index contributed by atoms with van der Waals surface area (Å²) in [6.07, 6.45) is 5.76. The van der Waals surface area contributed by atoms with Gasteiger partial charge in [-0.2, -0.15) is 5.10 Å². The first-order valence-corrected chi connectivity index (χ1v) is 7.12. The van der Waals surface area contributed by atoms with Gasteiger partial charge in [-0.3, -0.25) is 4.68 Å². The Kier molecular flexibility index (Phi) is 2.80. The molecular formula is C12H18BrN3O. The fourth-order valence-electron chi connectivity index (χ4n) is 3.38. The van der Waals surface area contributed by atoms with Crippen LogP contribution in [0.3, 0.4) is 0 Å². The van der Waals surface area contributed by atoms with Crippen LogP contribution in [0.2, 0.25) is 0 Å². The van der Waals surface area contributed by atoms with Crippen molar-refractivity contribution in [1.29, 1.82) is 0 Å². The topological polar surface area (TPSA) is 50.1 Å². The van der Waals surface area contributed by atoms with E-state index in [4.69, 9.17) is 0 Å². The molecule has 0 radical (unpaired) electrons. The lowest BCUT2D eigenvalue weighted by Crippen LogP contribution is -2.47. The molecule has 5 heteroatoms. The SMILES string of the molecule is CCn1ncc(Br)c1C1(O)CC2CCC(C1)N2. The van der Waals surface area contributed by atoms with Crippen molar-refractivity contribution < 1.29 is 5.11 Å².